The average molecular weight is 393 g/mol. The Labute approximate surface area is 171 Å². The van der Waals surface area contributed by atoms with E-state index in [9.17, 15) is 14.7 Å². The number of β-amino-alcohol motifs (C(OH)–C–C–N with tert-alkyl or cyclic N) is 1. The van der Waals surface area contributed by atoms with Gasteiger partial charge in [0.05, 0.1) is 12.8 Å². The highest BCUT2D eigenvalue weighted by atomic mass is 16.3. The highest BCUT2D eigenvalue weighted by Gasteiger charge is 2.51. The molecule has 152 valence electrons. The van der Waals surface area contributed by atoms with Crippen LogP contribution in [0.4, 0.5) is 4.79 Å². The van der Waals surface area contributed by atoms with Gasteiger partial charge >= 0.3 is 6.03 Å². The van der Waals surface area contributed by atoms with Crippen molar-refractivity contribution >= 4 is 11.9 Å². The molecule has 0 aromatic heterocycles. The maximum absolute atomic E-state index is 13.6. The molecule has 2 aliphatic heterocycles. The largest absolute Gasteiger partial charge is 0.392 e. The van der Waals surface area contributed by atoms with Crippen molar-refractivity contribution < 1.29 is 14.7 Å². The molecule has 0 bridgehead atoms. The van der Waals surface area contributed by atoms with Gasteiger partial charge in [-0.1, -0.05) is 60.7 Å². The number of aliphatic hydroxyl groups excluding tert-OH is 1. The van der Waals surface area contributed by atoms with E-state index in [1.165, 1.54) is 4.90 Å². The van der Waals surface area contributed by atoms with Crippen LogP contribution in [0.1, 0.15) is 24.0 Å². The molecule has 0 aliphatic carbocycles. The number of piperidine rings is 1. The number of nitrogens with one attached hydrogen (secondary N) is 1. The summed E-state index contributed by atoms with van der Waals surface area (Å²) in [6, 6.07) is 19.2. The average Bonchev–Trinajstić information content (AvgIpc) is 2.93. The Bertz CT molecular complexity index is 815. The third-order valence-corrected chi connectivity index (χ3v) is 5.77. The number of benzene rings is 2. The van der Waals surface area contributed by atoms with Crippen molar-refractivity contribution in [3.05, 3.63) is 71.8 Å². The molecule has 2 aromatic carbocycles. The van der Waals surface area contributed by atoms with Gasteiger partial charge < -0.3 is 10.4 Å². The molecule has 0 spiro atoms. The summed E-state index contributed by atoms with van der Waals surface area (Å²) < 4.78 is 0. The minimum atomic E-state index is -1.01. The summed E-state index contributed by atoms with van der Waals surface area (Å²) in [7, 11) is 0. The van der Waals surface area contributed by atoms with Gasteiger partial charge in [0, 0.05) is 25.9 Å². The lowest BCUT2D eigenvalue weighted by molar-refractivity contribution is -0.133. The van der Waals surface area contributed by atoms with Gasteiger partial charge in [-0.05, 0) is 24.0 Å². The van der Waals surface area contributed by atoms with Crippen LogP contribution in [-0.4, -0.2) is 58.2 Å². The smallest absolute Gasteiger partial charge is 0.326 e. The van der Waals surface area contributed by atoms with E-state index in [0.29, 0.717) is 19.4 Å². The molecule has 2 saturated heterocycles. The van der Waals surface area contributed by atoms with Gasteiger partial charge in [0.2, 0.25) is 0 Å². The Morgan fingerprint density at radius 1 is 0.966 bits per heavy atom. The van der Waals surface area contributed by atoms with Crippen LogP contribution in [0, 0.1) is 0 Å². The number of aliphatic hydroxyl groups is 1. The van der Waals surface area contributed by atoms with Crippen LogP contribution in [-0.2, 0) is 17.6 Å². The summed E-state index contributed by atoms with van der Waals surface area (Å²) in [6.07, 6.45) is 2.11. The summed E-state index contributed by atoms with van der Waals surface area (Å²) >= 11 is 0. The molecule has 2 fully saturated rings. The fraction of sp³-hybridized carbons (Fsp3) is 0.391. The zero-order valence-corrected chi connectivity index (χ0v) is 16.5. The second-order valence-corrected chi connectivity index (χ2v) is 8.08. The number of carbonyl (C=O) groups excluding carboxylic acids is 2. The van der Waals surface area contributed by atoms with E-state index in [1.807, 2.05) is 65.6 Å². The number of carbonyl (C=O) groups is 2. The summed E-state index contributed by atoms with van der Waals surface area (Å²) in [5, 5.41) is 12.9. The Balaban J connectivity index is 1.59. The van der Waals surface area contributed by atoms with E-state index < -0.39 is 11.6 Å². The van der Waals surface area contributed by atoms with Crippen molar-refractivity contribution in [2.75, 3.05) is 19.8 Å². The summed E-state index contributed by atoms with van der Waals surface area (Å²) in [5.41, 5.74) is 1.01. The number of nitrogens with zero attached hydrogens (tertiary/aromatic N) is 2. The lowest BCUT2D eigenvalue weighted by atomic mass is 9.84. The molecule has 3 amide bonds. The molecule has 4 rings (SSSR count). The fourth-order valence-electron chi connectivity index (χ4n) is 4.35. The Morgan fingerprint density at radius 2 is 1.55 bits per heavy atom. The summed E-state index contributed by atoms with van der Waals surface area (Å²) in [4.78, 5) is 29.7. The second kappa shape index (κ2) is 8.35. The van der Waals surface area contributed by atoms with E-state index >= 15 is 0 Å². The standard InChI is InChI=1S/C23H27N3O3/c27-20-12-7-13-25(16-20)17-26-21(28)23(24-22(26)29,14-18-8-3-1-4-9-18)15-19-10-5-2-6-11-19/h1-6,8-11,20,27H,7,12-17H2,(H,24,29)/t20-/m0/s1. The zero-order valence-electron chi connectivity index (χ0n) is 16.5. The van der Waals surface area contributed by atoms with Crippen molar-refractivity contribution in [3.63, 3.8) is 0 Å². The van der Waals surface area contributed by atoms with Crippen LogP contribution in [0.5, 0.6) is 0 Å². The Hall–Kier alpha value is -2.70. The van der Waals surface area contributed by atoms with Crippen LogP contribution in [0.2, 0.25) is 0 Å². The molecule has 6 nitrogen and oxygen atoms in total. The van der Waals surface area contributed by atoms with Crippen LogP contribution in [0.25, 0.3) is 0 Å². The van der Waals surface area contributed by atoms with Gasteiger partial charge in [0.15, 0.2) is 0 Å². The van der Waals surface area contributed by atoms with Crippen LogP contribution < -0.4 is 5.32 Å². The quantitative estimate of drug-likeness (QED) is 0.738. The lowest BCUT2D eigenvalue weighted by Gasteiger charge is -2.33. The van der Waals surface area contributed by atoms with Crippen molar-refractivity contribution in [1.29, 1.82) is 0 Å². The molecule has 2 heterocycles. The van der Waals surface area contributed by atoms with E-state index in [4.69, 9.17) is 0 Å². The summed E-state index contributed by atoms with van der Waals surface area (Å²) in [5.74, 6) is -0.199. The minimum Gasteiger partial charge on any atom is -0.392 e. The van der Waals surface area contributed by atoms with E-state index in [-0.39, 0.29) is 18.6 Å². The number of rotatable bonds is 6. The number of amides is 3. The van der Waals surface area contributed by atoms with Gasteiger partial charge in [-0.15, -0.1) is 0 Å². The van der Waals surface area contributed by atoms with Crippen molar-refractivity contribution in [2.24, 2.45) is 0 Å². The van der Waals surface area contributed by atoms with Gasteiger partial charge in [0.1, 0.15) is 5.54 Å². The van der Waals surface area contributed by atoms with Crippen LogP contribution in [0.15, 0.2) is 60.7 Å². The number of hydrogen-bond acceptors (Lipinski definition) is 4. The second-order valence-electron chi connectivity index (χ2n) is 8.08. The molecule has 6 heteroatoms. The fourth-order valence-corrected chi connectivity index (χ4v) is 4.35. The Morgan fingerprint density at radius 3 is 2.10 bits per heavy atom. The molecule has 1 atom stereocenters. The minimum absolute atomic E-state index is 0.199. The van der Waals surface area contributed by atoms with Gasteiger partial charge in [-0.2, -0.15) is 0 Å². The monoisotopic (exact) mass is 393 g/mol. The van der Waals surface area contributed by atoms with Crippen LogP contribution >= 0.6 is 0 Å². The third kappa shape index (κ3) is 4.33. The number of urea groups is 1. The molecule has 0 saturated carbocycles. The highest BCUT2D eigenvalue weighted by molar-refractivity contribution is 6.07. The van der Waals surface area contributed by atoms with Crippen molar-refractivity contribution in [1.82, 2.24) is 15.1 Å². The first kappa shape index (κ1) is 19.6. The van der Waals surface area contributed by atoms with Gasteiger partial charge in [0.25, 0.3) is 5.91 Å². The predicted octanol–water partition coefficient (Wildman–Crippen LogP) is 2.18. The van der Waals surface area contributed by atoms with Crippen molar-refractivity contribution in [2.45, 2.75) is 37.3 Å². The molecular weight excluding hydrogens is 366 g/mol. The number of imide groups is 1. The van der Waals surface area contributed by atoms with E-state index in [0.717, 1.165) is 30.5 Å². The number of hydrogen-bond donors (Lipinski definition) is 2. The van der Waals surface area contributed by atoms with Gasteiger partial charge in [-0.3, -0.25) is 9.69 Å². The molecule has 2 N–H and O–H groups in total. The highest BCUT2D eigenvalue weighted by Crippen LogP contribution is 2.28. The molecule has 2 aromatic rings. The topological polar surface area (TPSA) is 72.9 Å². The maximum atomic E-state index is 13.6. The Kier molecular flexibility index (Phi) is 5.65. The number of likely N-dealkylation sites (tertiary alicyclic amines) is 1. The third-order valence-electron chi connectivity index (χ3n) is 5.77. The summed E-state index contributed by atoms with van der Waals surface area (Å²) in [6.45, 7) is 1.48. The molecule has 0 radical (unpaired) electrons. The SMILES string of the molecule is O=C1NC(Cc2ccccc2)(Cc2ccccc2)C(=O)N1CN1CCC[C@H](O)C1. The molecule has 2 aliphatic rings. The molecule has 29 heavy (non-hydrogen) atoms. The first-order valence-electron chi connectivity index (χ1n) is 10.2. The lowest BCUT2D eigenvalue weighted by Crippen LogP contribution is -2.52. The molecule has 0 unspecified atom stereocenters. The van der Waals surface area contributed by atoms with E-state index in [1.54, 1.807) is 0 Å². The molecular formula is C23H27N3O3. The van der Waals surface area contributed by atoms with Crippen molar-refractivity contribution in [3.8, 4) is 0 Å². The van der Waals surface area contributed by atoms with Crippen LogP contribution in [0.3, 0.4) is 0 Å². The maximum Gasteiger partial charge on any atom is 0.326 e. The normalized spacial score (nSPS) is 22.0. The van der Waals surface area contributed by atoms with Gasteiger partial charge in [-0.25, -0.2) is 9.69 Å². The zero-order chi connectivity index (χ0) is 20.3. The predicted molar refractivity (Wildman–Crippen MR) is 110 cm³/mol. The first-order chi connectivity index (χ1) is 14.1. The van der Waals surface area contributed by atoms with E-state index in [2.05, 4.69) is 5.32 Å². The first-order valence-corrected chi connectivity index (χ1v) is 10.2.